The van der Waals surface area contributed by atoms with Gasteiger partial charge in [-0.3, -0.25) is 14.9 Å². The number of hydrogen-bond donors (Lipinski definition) is 1. The maximum absolute atomic E-state index is 12.4. The van der Waals surface area contributed by atoms with Gasteiger partial charge in [-0.1, -0.05) is 15.9 Å². The molecule has 0 aliphatic carbocycles. The first-order valence-corrected chi connectivity index (χ1v) is 9.40. The van der Waals surface area contributed by atoms with Gasteiger partial charge in [-0.05, 0) is 42.5 Å². The summed E-state index contributed by atoms with van der Waals surface area (Å²) in [7, 11) is 0. The Morgan fingerprint density at radius 2 is 1.97 bits per heavy atom. The molecular formula is C21H11BrN4O4. The second-order valence-electron chi connectivity index (χ2n) is 6.25. The monoisotopic (exact) mass is 462 g/mol. The van der Waals surface area contributed by atoms with Crippen LogP contribution >= 0.6 is 15.9 Å². The fourth-order valence-electron chi connectivity index (χ4n) is 2.87. The molecule has 1 N–H and O–H groups in total. The van der Waals surface area contributed by atoms with Gasteiger partial charge in [-0.15, -0.1) is 0 Å². The molecular weight excluding hydrogens is 452 g/mol. The van der Waals surface area contributed by atoms with Gasteiger partial charge in [0.15, 0.2) is 5.82 Å². The second kappa shape index (κ2) is 7.77. The van der Waals surface area contributed by atoms with E-state index >= 15 is 0 Å². The lowest BCUT2D eigenvalue weighted by Crippen LogP contribution is -2.11. The third-order valence-electron chi connectivity index (χ3n) is 4.32. The average molecular weight is 463 g/mol. The van der Waals surface area contributed by atoms with Crippen molar-refractivity contribution < 1.29 is 9.34 Å². The Morgan fingerprint density at radius 1 is 1.20 bits per heavy atom. The van der Waals surface area contributed by atoms with E-state index in [4.69, 9.17) is 4.42 Å². The van der Waals surface area contributed by atoms with E-state index < -0.39 is 4.92 Å². The number of rotatable bonds is 4. The molecule has 8 nitrogen and oxygen atoms in total. The first kappa shape index (κ1) is 19.3. The number of hydrogen-bond acceptors (Lipinski definition) is 6. The predicted molar refractivity (Wildman–Crippen MR) is 114 cm³/mol. The Bertz CT molecular complexity index is 1410. The van der Waals surface area contributed by atoms with Crippen molar-refractivity contribution in [2.75, 3.05) is 0 Å². The fourth-order valence-corrected chi connectivity index (χ4v) is 3.23. The number of aromatic nitrogens is 2. The molecule has 4 aromatic rings. The molecule has 0 saturated carbocycles. The van der Waals surface area contributed by atoms with E-state index in [0.29, 0.717) is 28.0 Å². The minimum absolute atomic E-state index is 0.0180. The van der Waals surface area contributed by atoms with Crippen molar-refractivity contribution in [2.45, 2.75) is 0 Å². The van der Waals surface area contributed by atoms with Crippen molar-refractivity contribution in [1.29, 1.82) is 5.26 Å². The van der Waals surface area contributed by atoms with Crippen LogP contribution in [0.2, 0.25) is 0 Å². The summed E-state index contributed by atoms with van der Waals surface area (Å²) in [6, 6.07) is 16.4. The van der Waals surface area contributed by atoms with Crippen molar-refractivity contribution in [1.82, 2.24) is 9.97 Å². The summed E-state index contributed by atoms with van der Waals surface area (Å²) in [4.78, 5) is 29.6. The third kappa shape index (κ3) is 3.76. The highest BCUT2D eigenvalue weighted by Gasteiger charge is 2.11. The van der Waals surface area contributed by atoms with E-state index in [0.717, 1.165) is 4.47 Å². The van der Waals surface area contributed by atoms with Gasteiger partial charge in [0.2, 0.25) is 0 Å². The highest BCUT2D eigenvalue weighted by molar-refractivity contribution is 9.10. The predicted octanol–water partition coefficient (Wildman–Crippen LogP) is 4.92. The topological polar surface area (TPSA) is 126 Å². The zero-order valence-corrected chi connectivity index (χ0v) is 16.7. The maximum Gasteiger partial charge on any atom is 0.269 e. The van der Waals surface area contributed by atoms with Crippen molar-refractivity contribution in [3.8, 4) is 17.4 Å². The average Bonchev–Trinajstić information content (AvgIpc) is 3.21. The quantitative estimate of drug-likeness (QED) is 0.260. The molecule has 30 heavy (non-hydrogen) atoms. The molecule has 0 aliphatic heterocycles. The summed E-state index contributed by atoms with van der Waals surface area (Å²) in [6.07, 6.45) is 1.47. The molecule has 0 saturated heterocycles. The molecule has 9 heteroatoms. The Morgan fingerprint density at radius 3 is 2.67 bits per heavy atom. The maximum atomic E-state index is 12.4. The molecule has 0 aliphatic rings. The molecule has 4 rings (SSSR count). The van der Waals surface area contributed by atoms with Crippen LogP contribution in [0.3, 0.4) is 0 Å². The van der Waals surface area contributed by atoms with Crippen LogP contribution in [0.15, 0.2) is 68.3 Å². The minimum atomic E-state index is -0.477. The lowest BCUT2D eigenvalue weighted by molar-refractivity contribution is -0.384. The molecule has 146 valence electrons. The van der Waals surface area contributed by atoms with Gasteiger partial charge in [0, 0.05) is 28.2 Å². The Kier molecular flexibility index (Phi) is 5.00. The first-order chi connectivity index (χ1) is 14.4. The molecule has 2 aromatic heterocycles. The fraction of sp³-hybridized carbons (Fsp3) is 0. The first-order valence-electron chi connectivity index (χ1n) is 8.61. The van der Waals surface area contributed by atoms with Gasteiger partial charge in [-0.25, -0.2) is 4.98 Å². The lowest BCUT2D eigenvalue weighted by Gasteiger charge is -2.02. The van der Waals surface area contributed by atoms with E-state index in [-0.39, 0.29) is 22.6 Å². The van der Waals surface area contributed by atoms with Crippen LogP contribution in [0.4, 0.5) is 5.69 Å². The lowest BCUT2D eigenvalue weighted by atomic mass is 10.1. The van der Waals surface area contributed by atoms with Crippen molar-refractivity contribution in [3.63, 3.8) is 0 Å². The number of nitriles is 1. The van der Waals surface area contributed by atoms with Crippen LogP contribution in [-0.2, 0) is 0 Å². The number of non-ortho nitro benzene ring substituents is 1. The zero-order valence-electron chi connectivity index (χ0n) is 15.1. The number of H-pyrrole nitrogens is 1. The Labute approximate surface area is 177 Å². The molecule has 0 spiro atoms. The zero-order chi connectivity index (χ0) is 21.3. The van der Waals surface area contributed by atoms with Gasteiger partial charge >= 0.3 is 0 Å². The molecule has 0 atom stereocenters. The van der Waals surface area contributed by atoms with E-state index in [2.05, 4.69) is 25.9 Å². The van der Waals surface area contributed by atoms with E-state index in [1.807, 2.05) is 6.07 Å². The van der Waals surface area contributed by atoms with E-state index in [1.54, 1.807) is 42.5 Å². The van der Waals surface area contributed by atoms with Crippen molar-refractivity contribution in [3.05, 3.63) is 91.1 Å². The normalized spacial score (nSPS) is 11.4. The van der Waals surface area contributed by atoms with Crippen LogP contribution < -0.4 is 5.56 Å². The van der Waals surface area contributed by atoms with Gasteiger partial charge in [0.05, 0.1) is 21.4 Å². The Hall–Kier alpha value is -4.03. The summed E-state index contributed by atoms with van der Waals surface area (Å²) >= 11 is 3.31. The number of halogens is 1. The SMILES string of the molecule is N#C/C(=C\c1ccc(-c2ccc([N+](=O)[O-])cc2)o1)c1nc2ccc(Br)cc2c(=O)[nH]1. The number of allylic oxidation sites excluding steroid dienone is 1. The number of furan rings is 1. The van der Waals surface area contributed by atoms with Gasteiger partial charge < -0.3 is 9.40 Å². The van der Waals surface area contributed by atoms with Gasteiger partial charge in [-0.2, -0.15) is 5.26 Å². The number of nitrogens with one attached hydrogen (secondary N) is 1. The molecule has 0 bridgehead atoms. The van der Waals surface area contributed by atoms with E-state index in [1.165, 1.54) is 18.2 Å². The van der Waals surface area contributed by atoms with Gasteiger partial charge in [0.1, 0.15) is 17.6 Å². The van der Waals surface area contributed by atoms with Crippen LogP contribution in [0.25, 0.3) is 33.9 Å². The minimum Gasteiger partial charge on any atom is -0.457 e. The third-order valence-corrected chi connectivity index (χ3v) is 4.81. The van der Waals surface area contributed by atoms with Gasteiger partial charge in [0.25, 0.3) is 11.2 Å². The highest BCUT2D eigenvalue weighted by atomic mass is 79.9. The second-order valence-corrected chi connectivity index (χ2v) is 7.17. The molecule has 0 unspecified atom stereocenters. The number of nitro groups is 1. The standard InChI is InChI=1S/C21H11BrN4O4/c22-14-3-7-18-17(10-14)21(27)25-20(24-18)13(11-23)9-16-6-8-19(30-16)12-1-4-15(5-2-12)26(28)29/h1-10H,(H,24,25,27)/b13-9+. The van der Waals surface area contributed by atoms with E-state index in [9.17, 15) is 20.2 Å². The van der Waals surface area contributed by atoms with Crippen molar-refractivity contribution >= 4 is 44.2 Å². The molecule has 0 radical (unpaired) electrons. The number of fused-ring (bicyclic) bond motifs is 1. The largest absolute Gasteiger partial charge is 0.457 e. The number of benzene rings is 2. The molecule has 2 heterocycles. The summed E-state index contributed by atoms with van der Waals surface area (Å²) in [5.41, 5.74) is 0.867. The molecule has 2 aromatic carbocycles. The smallest absolute Gasteiger partial charge is 0.269 e. The van der Waals surface area contributed by atoms with Crippen LogP contribution in [0.1, 0.15) is 11.6 Å². The summed E-state index contributed by atoms with van der Waals surface area (Å²) in [5.74, 6) is 0.988. The number of nitro benzene ring substituents is 1. The summed E-state index contributed by atoms with van der Waals surface area (Å²) < 4.78 is 6.48. The Balaban J connectivity index is 1.69. The number of nitrogens with zero attached hydrogens (tertiary/aromatic N) is 3. The summed E-state index contributed by atoms with van der Waals surface area (Å²) in [5, 5.41) is 20.7. The van der Waals surface area contributed by atoms with Crippen LogP contribution in [0.5, 0.6) is 0 Å². The van der Waals surface area contributed by atoms with Crippen LogP contribution in [0, 0.1) is 21.4 Å². The highest BCUT2D eigenvalue weighted by Crippen LogP contribution is 2.26. The van der Waals surface area contributed by atoms with Crippen LogP contribution in [-0.4, -0.2) is 14.9 Å². The molecule has 0 amide bonds. The number of aromatic amines is 1. The van der Waals surface area contributed by atoms with Crippen molar-refractivity contribution in [2.24, 2.45) is 0 Å². The summed E-state index contributed by atoms with van der Waals surface area (Å²) in [6.45, 7) is 0. The molecule has 0 fully saturated rings.